The Labute approximate surface area is 151 Å². The van der Waals surface area contributed by atoms with Gasteiger partial charge in [0.2, 0.25) is 5.91 Å². The highest BCUT2D eigenvalue weighted by molar-refractivity contribution is 5.99. The number of likely N-dealkylation sites (N-methyl/N-ethyl adjacent to an activating group) is 1. The largest absolute Gasteiger partial charge is 0.497 e. The van der Waals surface area contributed by atoms with Crippen molar-refractivity contribution in [1.29, 1.82) is 0 Å². The van der Waals surface area contributed by atoms with Crippen LogP contribution in [-0.2, 0) is 4.79 Å². The molecule has 0 spiro atoms. The maximum atomic E-state index is 13.8. The van der Waals surface area contributed by atoms with E-state index in [2.05, 4.69) is 5.32 Å². The Morgan fingerprint density at radius 2 is 1.77 bits per heavy atom. The first-order chi connectivity index (χ1) is 12.5. The van der Waals surface area contributed by atoms with Crippen LogP contribution in [0.25, 0.3) is 0 Å². The summed E-state index contributed by atoms with van der Waals surface area (Å²) in [6, 6.07) is 10.8. The van der Waals surface area contributed by atoms with Gasteiger partial charge >= 0.3 is 0 Å². The lowest BCUT2D eigenvalue weighted by Gasteiger charge is -2.20. The molecule has 2 amide bonds. The second-order valence-electron chi connectivity index (χ2n) is 5.45. The fourth-order valence-corrected chi connectivity index (χ4v) is 2.36. The monoisotopic (exact) mass is 360 g/mol. The molecule has 26 heavy (non-hydrogen) atoms. The van der Waals surface area contributed by atoms with Gasteiger partial charge in [-0.3, -0.25) is 9.59 Å². The van der Waals surface area contributed by atoms with Gasteiger partial charge in [0.15, 0.2) is 11.6 Å². The highest BCUT2D eigenvalue weighted by atomic mass is 19.1. The third kappa shape index (κ3) is 4.72. The van der Waals surface area contributed by atoms with Crippen molar-refractivity contribution in [1.82, 2.24) is 4.90 Å². The van der Waals surface area contributed by atoms with Crippen molar-refractivity contribution >= 4 is 17.5 Å². The van der Waals surface area contributed by atoms with Crippen molar-refractivity contribution in [3.63, 3.8) is 0 Å². The fourth-order valence-electron chi connectivity index (χ4n) is 2.36. The van der Waals surface area contributed by atoms with E-state index in [9.17, 15) is 14.0 Å². The van der Waals surface area contributed by atoms with Crippen LogP contribution >= 0.6 is 0 Å². The first kappa shape index (κ1) is 19.2. The fraction of sp³-hybridized carbons (Fsp3) is 0.263. The van der Waals surface area contributed by atoms with Crippen molar-refractivity contribution < 1.29 is 23.5 Å². The first-order valence-corrected chi connectivity index (χ1v) is 8.05. The van der Waals surface area contributed by atoms with Crippen LogP contribution < -0.4 is 14.8 Å². The molecule has 0 heterocycles. The molecule has 0 aliphatic rings. The zero-order chi connectivity index (χ0) is 19.1. The normalized spacial score (nSPS) is 10.2. The van der Waals surface area contributed by atoms with Gasteiger partial charge in [0.05, 0.1) is 14.2 Å². The molecule has 7 heteroatoms. The second-order valence-corrected chi connectivity index (χ2v) is 5.45. The van der Waals surface area contributed by atoms with E-state index >= 15 is 0 Å². The summed E-state index contributed by atoms with van der Waals surface area (Å²) >= 11 is 0. The van der Waals surface area contributed by atoms with E-state index < -0.39 is 11.7 Å². The van der Waals surface area contributed by atoms with Gasteiger partial charge < -0.3 is 19.7 Å². The lowest BCUT2D eigenvalue weighted by molar-refractivity contribution is -0.116. The van der Waals surface area contributed by atoms with Crippen LogP contribution in [-0.4, -0.2) is 44.0 Å². The van der Waals surface area contributed by atoms with E-state index in [1.165, 1.54) is 24.1 Å². The average Bonchev–Trinajstić information content (AvgIpc) is 2.66. The van der Waals surface area contributed by atoms with Crippen molar-refractivity contribution in [2.45, 2.75) is 6.92 Å². The number of carbonyl (C=O) groups excluding carboxylic acids is 2. The van der Waals surface area contributed by atoms with Crippen molar-refractivity contribution in [2.24, 2.45) is 0 Å². The number of halogens is 1. The Balaban J connectivity index is 2.03. The molecule has 0 unspecified atom stereocenters. The molecule has 0 aliphatic heterocycles. The number of nitrogens with one attached hydrogen (secondary N) is 1. The van der Waals surface area contributed by atoms with Crippen molar-refractivity contribution in [3.8, 4) is 11.5 Å². The number of carbonyl (C=O) groups is 2. The number of ether oxygens (including phenoxy) is 2. The van der Waals surface area contributed by atoms with Crippen LogP contribution in [0.1, 0.15) is 17.3 Å². The van der Waals surface area contributed by atoms with E-state index in [0.29, 0.717) is 18.0 Å². The predicted molar refractivity (Wildman–Crippen MR) is 96.2 cm³/mol. The van der Waals surface area contributed by atoms with Gasteiger partial charge in [0.25, 0.3) is 5.91 Å². The minimum absolute atomic E-state index is 0.0573. The van der Waals surface area contributed by atoms with Crippen LogP contribution in [0.4, 0.5) is 10.1 Å². The summed E-state index contributed by atoms with van der Waals surface area (Å²) in [5.41, 5.74) is 0.747. The van der Waals surface area contributed by atoms with E-state index in [-0.39, 0.29) is 23.8 Å². The summed E-state index contributed by atoms with van der Waals surface area (Å²) in [7, 11) is 2.90. The molecule has 1 N–H and O–H groups in total. The van der Waals surface area contributed by atoms with Crippen LogP contribution in [0.5, 0.6) is 11.5 Å². The Morgan fingerprint density at radius 3 is 2.31 bits per heavy atom. The molecule has 138 valence electrons. The topological polar surface area (TPSA) is 67.9 Å². The van der Waals surface area contributed by atoms with Crippen molar-refractivity contribution in [2.75, 3.05) is 32.6 Å². The summed E-state index contributed by atoms with van der Waals surface area (Å²) in [5.74, 6) is -0.674. The Bertz CT molecular complexity index is 778. The molecule has 0 bridgehead atoms. The first-order valence-electron chi connectivity index (χ1n) is 8.05. The van der Waals surface area contributed by atoms with Crippen LogP contribution in [0, 0.1) is 5.82 Å². The predicted octanol–water partition coefficient (Wildman–Crippen LogP) is 2.94. The molecular weight excluding hydrogens is 339 g/mol. The van der Waals surface area contributed by atoms with Gasteiger partial charge in [0.1, 0.15) is 12.3 Å². The Hall–Kier alpha value is -3.09. The number of rotatable bonds is 7. The maximum Gasteiger partial charge on any atom is 0.254 e. The highest BCUT2D eigenvalue weighted by Crippen LogP contribution is 2.19. The van der Waals surface area contributed by atoms with Gasteiger partial charge in [-0.05, 0) is 49.4 Å². The zero-order valence-electron chi connectivity index (χ0n) is 14.9. The molecule has 0 saturated heterocycles. The molecule has 0 aliphatic carbocycles. The minimum Gasteiger partial charge on any atom is -0.497 e. The number of anilines is 1. The summed E-state index contributed by atoms with van der Waals surface area (Å²) in [5, 5.41) is 2.71. The molecule has 0 saturated carbocycles. The molecular formula is C19H21FN2O4. The maximum absolute atomic E-state index is 13.8. The van der Waals surface area contributed by atoms with E-state index in [1.54, 1.807) is 38.3 Å². The van der Waals surface area contributed by atoms with E-state index in [4.69, 9.17) is 9.47 Å². The second kappa shape index (κ2) is 8.84. The number of methoxy groups -OCH3 is 2. The highest BCUT2D eigenvalue weighted by Gasteiger charge is 2.19. The smallest absolute Gasteiger partial charge is 0.254 e. The van der Waals surface area contributed by atoms with Crippen LogP contribution in [0.15, 0.2) is 42.5 Å². The van der Waals surface area contributed by atoms with Gasteiger partial charge in [-0.2, -0.15) is 0 Å². The minimum atomic E-state index is -0.628. The summed E-state index contributed by atoms with van der Waals surface area (Å²) in [4.78, 5) is 26.1. The zero-order valence-corrected chi connectivity index (χ0v) is 14.9. The third-order valence-electron chi connectivity index (χ3n) is 3.78. The van der Waals surface area contributed by atoms with E-state index in [0.717, 1.165) is 6.07 Å². The molecule has 2 aromatic rings. The number of hydrogen-bond acceptors (Lipinski definition) is 4. The van der Waals surface area contributed by atoms with Gasteiger partial charge in [0, 0.05) is 17.8 Å². The molecule has 2 rings (SSSR count). The SMILES string of the molecule is CCN(CC(=O)Nc1ccc(OC)cc1)C(=O)c1ccc(OC)c(F)c1. The molecule has 0 fully saturated rings. The molecule has 0 aromatic heterocycles. The van der Waals surface area contributed by atoms with Crippen LogP contribution in [0.3, 0.4) is 0 Å². The number of hydrogen-bond donors (Lipinski definition) is 1. The number of amides is 2. The summed E-state index contributed by atoms with van der Waals surface area (Å²) in [6.07, 6.45) is 0. The Kier molecular flexibility index (Phi) is 6.54. The molecule has 0 atom stereocenters. The van der Waals surface area contributed by atoms with Crippen LogP contribution in [0.2, 0.25) is 0 Å². The lowest BCUT2D eigenvalue weighted by atomic mass is 10.1. The number of nitrogens with zero attached hydrogens (tertiary/aromatic N) is 1. The molecule has 2 aromatic carbocycles. The standard InChI is InChI=1S/C19H21FN2O4/c1-4-22(19(24)13-5-10-17(26-3)16(20)11-13)12-18(23)21-14-6-8-15(25-2)9-7-14/h5-11H,4,12H2,1-3H3,(H,21,23). The molecule has 6 nitrogen and oxygen atoms in total. The van der Waals surface area contributed by atoms with Gasteiger partial charge in [-0.25, -0.2) is 4.39 Å². The van der Waals surface area contributed by atoms with Gasteiger partial charge in [-0.15, -0.1) is 0 Å². The molecule has 0 radical (unpaired) electrons. The summed E-state index contributed by atoms with van der Waals surface area (Å²) in [6.45, 7) is 1.91. The summed E-state index contributed by atoms with van der Waals surface area (Å²) < 4.78 is 23.7. The average molecular weight is 360 g/mol. The number of benzene rings is 2. The Morgan fingerprint density at radius 1 is 1.08 bits per heavy atom. The van der Waals surface area contributed by atoms with Crippen molar-refractivity contribution in [3.05, 3.63) is 53.8 Å². The van der Waals surface area contributed by atoms with Gasteiger partial charge in [-0.1, -0.05) is 0 Å². The quantitative estimate of drug-likeness (QED) is 0.824. The third-order valence-corrected chi connectivity index (χ3v) is 3.78. The van der Waals surface area contributed by atoms with E-state index in [1.807, 2.05) is 0 Å². The lowest BCUT2D eigenvalue weighted by Crippen LogP contribution is -2.37.